The van der Waals surface area contributed by atoms with Crippen molar-refractivity contribution < 1.29 is 4.79 Å². The molecule has 31 heavy (non-hydrogen) atoms. The molecular formula is C27H33N3O. The van der Waals surface area contributed by atoms with Gasteiger partial charge in [0.2, 0.25) is 5.91 Å². The molecule has 0 N–H and O–H groups in total. The molecule has 3 aromatic rings. The van der Waals surface area contributed by atoms with E-state index in [1.165, 1.54) is 5.39 Å². The molecule has 0 unspecified atom stereocenters. The highest BCUT2D eigenvalue weighted by molar-refractivity contribution is 5.96. The molecule has 4 heteroatoms. The zero-order valence-electron chi connectivity index (χ0n) is 19.5. The molecule has 1 amide bonds. The predicted molar refractivity (Wildman–Crippen MR) is 133 cm³/mol. The van der Waals surface area contributed by atoms with Gasteiger partial charge in [-0.25, -0.2) is 0 Å². The number of hydrogen-bond acceptors (Lipinski definition) is 3. The number of carbonyl (C=O) groups is 1. The van der Waals surface area contributed by atoms with E-state index < -0.39 is 0 Å². The zero-order valence-corrected chi connectivity index (χ0v) is 19.5. The molecule has 0 bridgehead atoms. The van der Waals surface area contributed by atoms with Crippen molar-refractivity contribution in [3.8, 4) is 11.1 Å². The number of amides is 1. The molecule has 0 atom stereocenters. The monoisotopic (exact) mass is 415 g/mol. The summed E-state index contributed by atoms with van der Waals surface area (Å²) in [6.45, 7) is 10.4. The first-order valence-corrected chi connectivity index (χ1v) is 10.6. The Morgan fingerprint density at radius 1 is 1.00 bits per heavy atom. The zero-order chi connectivity index (χ0) is 23.0. The molecule has 0 radical (unpaired) electrons. The molecular weight excluding hydrogens is 382 g/mol. The maximum atomic E-state index is 12.0. The molecule has 0 saturated heterocycles. The van der Waals surface area contributed by atoms with Crippen LogP contribution in [0.1, 0.15) is 26.3 Å². The second-order valence-corrected chi connectivity index (χ2v) is 7.51. The largest absolute Gasteiger partial charge is 0.371 e. The van der Waals surface area contributed by atoms with Crippen LogP contribution in [0.25, 0.3) is 27.5 Å². The van der Waals surface area contributed by atoms with Crippen LogP contribution in [-0.4, -0.2) is 48.4 Å². The summed E-state index contributed by atoms with van der Waals surface area (Å²) in [5.41, 5.74) is 5.27. The van der Waals surface area contributed by atoms with E-state index in [1.807, 2.05) is 63.4 Å². The van der Waals surface area contributed by atoms with Crippen LogP contribution < -0.4 is 0 Å². The topological polar surface area (TPSA) is 36.4 Å². The fourth-order valence-corrected chi connectivity index (χ4v) is 3.23. The molecule has 162 valence electrons. The Kier molecular flexibility index (Phi) is 8.56. The van der Waals surface area contributed by atoms with Gasteiger partial charge in [0.1, 0.15) is 0 Å². The molecule has 4 nitrogen and oxygen atoms in total. The van der Waals surface area contributed by atoms with Gasteiger partial charge in [-0.05, 0) is 34.6 Å². The van der Waals surface area contributed by atoms with Gasteiger partial charge >= 0.3 is 0 Å². The van der Waals surface area contributed by atoms with Gasteiger partial charge in [0.05, 0.1) is 6.54 Å². The van der Waals surface area contributed by atoms with Crippen molar-refractivity contribution in [1.82, 2.24) is 14.8 Å². The molecule has 0 aliphatic carbocycles. The lowest BCUT2D eigenvalue weighted by molar-refractivity contribution is -0.129. The first kappa shape index (κ1) is 23.9. The summed E-state index contributed by atoms with van der Waals surface area (Å²) in [7, 11) is 5.43. The summed E-state index contributed by atoms with van der Waals surface area (Å²) in [6.07, 6.45) is 5.78. The smallest absolute Gasteiger partial charge is 0.241 e. The van der Waals surface area contributed by atoms with Crippen LogP contribution in [0, 0.1) is 0 Å². The lowest BCUT2D eigenvalue weighted by Gasteiger charge is -2.19. The highest BCUT2D eigenvalue weighted by atomic mass is 16.2. The number of aromatic nitrogens is 1. The summed E-state index contributed by atoms with van der Waals surface area (Å²) in [4.78, 5) is 19.9. The van der Waals surface area contributed by atoms with Crippen molar-refractivity contribution in [3.05, 3.63) is 84.8 Å². The fraction of sp³-hybridized carbons (Fsp3) is 0.259. The van der Waals surface area contributed by atoms with E-state index in [0.29, 0.717) is 6.54 Å². The fourth-order valence-electron chi connectivity index (χ4n) is 3.23. The molecule has 3 rings (SSSR count). The van der Waals surface area contributed by atoms with Crippen LogP contribution >= 0.6 is 0 Å². The van der Waals surface area contributed by atoms with E-state index in [9.17, 15) is 4.79 Å². The molecule has 0 aliphatic heterocycles. The minimum absolute atomic E-state index is 0.0589. The van der Waals surface area contributed by atoms with E-state index in [-0.39, 0.29) is 5.91 Å². The van der Waals surface area contributed by atoms with Crippen molar-refractivity contribution in [3.63, 3.8) is 0 Å². The van der Waals surface area contributed by atoms with E-state index in [0.717, 1.165) is 33.2 Å². The SMILES string of the molecule is C=C(C)/C(=C\N(C)CC(=O)N(C)C)c1ccc(-c2cncc3ccccc23)cc1.CC. The van der Waals surface area contributed by atoms with Gasteiger partial charge in [-0.3, -0.25) is 9.78 Å². The molecule has 1 heterocycles. The Hall–Kier alpha value is -3.40. The third-order valence-electron chi connectivity index (χ3n) is 4.87. The van der Waals surface area contributed by atoms with E-state index in [4.69, 9.17) is 0 Å². The van der Waals surface area contributed by atoms with E-state index >= 15 is 0 Å². The Bertz CT molecular complexity index is 1060. The Morgan fingerprint density at radius 3 is 2.26 bits per heavy atom. The van der Waals surface area contributed by atoms with Gasteiger partial charge in [0.15, 0.2) is 0 Å². The number of allylic oxidation sites excluding steroid dienone is 2. The van der Waals surface area contributed by atoms with Gasteiger partial charge in [-0.1, -0.05) is 69.0 Å². The first-order valence-electron chi connectivity index (χ1n) is 10.6. The van der Waals surface area contributed by atoms with Crippen LogP contribution in [0.5, 0.6) is 0 Å². The number of hydrogen-bond donors (Lipinski definition) is 0. The van der Waals surface area contributed by atoms with Crippen molar-refractivity contribution in [2.24, 2.45) is 0 Å². The maximum absolute atomic E-state index is 12.0. The third kappa shape index (κ3) is 6.05. The van der Waals surface area contributed by atoms with Crippen LogP contribution in [0.15, 0.2) is 79.3 Å². The number of carbonyl (C=O) groups excluding carboxylic acids is 1. The molecule has 2 aromatic carbocycles. The van der Waals surface area contributed by atoms with E-state index in [2.05, 4.69) is 48.0 Å². The maximum Gasteiger partial charge on any atom is 0.241 e. The van der Waals surface area contributed by atoms with Gasteiger partial charge in [-0.15, -0.1) is 0 Å². The summed E-state index contributed by atoms with van der Waals surface area (Å²) in [6, 6.07) is 16.7. The van der Waals surface area contributed by atoms with Crippen LogP contribution in [0.4, 0.5) is 0 Å². The summed E-state index contributed by atoms with van der Waals surface area (Å²) >= 11 is 0. The van der Waals surface area contributed by atoms with Crippen molar-refractivity contribution in [2.45, 2.75) is 20.8 Å². The number of pyridine rings is 1. The lowest BCUT2D eigenvalue weighted by Crippen LogP contribution is -2.32. The Labute approximate surface area is 186 Å². The van der Waals surface area contributed by atoms with Gasteiger partial charge in [0, 0.05) is 50.7 Å². The van der Waals surface area contributed by atoms with Gasteiger partial charge in [0.25, 0.3) is 0 Å². The normalized spacial score (nSPS) is 10.8. The molecule has 1 aromatic heterocycles. The van der Waals surface area contributed by atoms with Crippen molar-refractivity contribution in [1.29, 1.82) is 0 Å². The summed E-state index contributed by atoms with van der Waals surface area (Å²) in [5, 5.41) is 2.32. The van der Waals surface area contributed by atoms with E-state index in [1.54, 1.807) is 19.0 Å². The van der Waals surface area contributed by atoms with Crippen molar-refractivity contribution >= 4 is 22.3 Å². The third-order valence-corrected chi connectivity index (χ3v) is 4.87. The Balaban J connectivity index is 0.00000166. The van der Waals surface area contributed by atoms with Crippen LogP contribution in [0.3, 0.4) is 0 Å². The lowest BCUT2D eigenvalue weighted by atomic mass is 9.96. The van der Waals surface area contributed by atoms with Gasteiger partial charge in [-0.2, -0.15) is 0 Å². The summed E-state index contributed by atoms with van der Waals surface area (Å²) < 4.78 is 0. The molecule has 0 saturated carbocycles. The standard InChI is InChI=1S/C25H27N3O.C2H6/c1-18(2)24(16-28(5)17-25(29)27(3)4)20-12-10-19(11-13-20)23-15-26-14-21-8-6-7-9-22(21)23;1-2/h6-16H,1,17H2,2-5H3;1-2H3/b24-16+;. The molecule has 0 spiro atoms. The average Bonchev–Trinajstić information content (AvgIpc) is 2.78. The first-order chi connectivity index (χ1) is 14.9. The second kappa shape index (κ2) is 11.1. The number of fused-ring (bicyclic) bond motifs is 1. The highest BCUT2D eigenvalue weighted by Gasteiger charge is 2.10. The van der Waals surface area contributed by atoms with Gasteiger partial charge < -0.3 is 9.80 Å². The number of benzene rings is 2. The van der Waals surface area contributed by atoms with Crippen LogP contribution in [-0.2, 0) is 4.79 Å². The summed E-state index contributed by atoms with van der Waals surface area (Å²) in [5.74, 6) is 0.0589. The number of rotatable bonds is 6. The quantitative estimate of drug-likeness (QED) is 0.473. The minimum Gasteiger partial charge on any atom is -0.371 e. The minimum atomic E-state index is 0.0589. The van der Waals surface area contributed by atoms with Crippen LogP contribution in [0.2, 0.25) is 0 Å². The average molecular weight is 416 g/mol. The van der Waals surface area contributed by atoms with Crippen molar-refractivity contribution in [2.75, 3.05) is 27.7 Å². The molecule has 0 aliphatic rings. The predicted octanol–water partition coefficient (Wildman–Crippen LogP) is 5.87. The highest BCUT2D eigenvalue weighted by Crippen LogP contribution is 2.30. The molecule has 0 fully saturated rings. The number of likely N-dealkylation sites (N-methyl/N-ethyl adjacent to an activating group) is 2. The second-order valence-electron chi connectivity index (χ2n) is 7.51. The number of nitrogens with zero attached hydrogens (tertiary/aromatic N) is 3. The Morgan fingerprint density at radius 2 is 1.65 bits per heavy atom.